The molecule has 0 radical (unpaired) electrons. The van der Waals surface area contributed by atoms with Gasteiger partial charge in [0.25, 0.3) is 0 Å². The Labute approximate surface area is 232 Å². The Balaban J connectivity index is 1.37. The van der Waals surface area contributed by atoms with E-state index in [0.717, 1.165) is 43.2 Å². The minimum Gasteiger partial charge on any atom is -0.478 e. The Kier molecular flexibility index (Phi) is 11.2. The predicted octanol–water partition coefficient (Wildman–Crippen LogP) is 5.32. The number of aryl methyl sites for hydroxylation is 1. The van der Waals surface area contributed by atoms with E-state index in [-0.39, 0.29) is 54.8 Å². The molecule has 3 aliphatic rings. The van der Waals surface area contributed by atoms with Gasteiger partial charge in [0.1, 0.15) is 12.4 Å². The van der Waals surface area contributed by atoms with E-state index in [9.17, 15) is 14.0 Å². The molecule has 3 heterocycles. The number of unbranched alkanes of at least 4 members (excludes halogenated alkanes) is 6. The van der Waals surface area contributed by atoms with Gasteiger partial charge < -0.3 is 19.5 Å². The number of rotatable bonds is 15. The quantitative estimate of drug-likeness (QED) is 0.239. The average molecular weight is 545 g/mol. The molecule has 1 amide bonds. The molecule has 0 aliphatic carbocycles. The highest BCUT2D eigenvalue weighted by atomic mass is 19.1. The summed E-state index contributed by atoms with van der Waals surface area (Å²) in [6.07, 6.45) is 12.7. The SMILES string of the molecule is CCCCCCCCCNC(=O)C1COC(C2CC3CCC(O3)C2Cc2cc(F)ccc2CCC(=O)OC)=N1. The highest BCUT2D eigenvalue weighted by molar-refractivity contribution is 5.89. The summed E-state index contributed by atoms with van der Waals surface area (Å²) in [7, 11) is 1.37. The number of hydrogen-bond donors (Lipinski definition) is 1. The van der Waals surface area contributed by atoms with E-state index < -0.39 is 6.04 Å². The van der Waals surface area contributed by atoms with Crippen molar-refractivity contribution in [2.75, 3.05) is 20.3 Å². The van der Waals surface area contributed by atoms with Crippen molar-refractivity contribution in [3.8, 4) is 0 Å². The van der Waals surface area contributed by atoms with E-state index >= 15 is 0 Å². The predicted molar refractivity (Wildman–Crippen MR) is 148 cm³/mol. The fourth-order valence-electron chi connectivity index (χ4n) is 6.26. The lowest BCUT2D eigenvalue weighted by Gasteiger charge is -2.36. The lowest BCUT2D eigenvalue weighted by Crippen LogP contribution is -2.40. The molecular formula is C31H45FN2O5. The van der Waals surface area contributed by atoms with Crippen molar-refractivity contribution in [3.63, 3.8) is 0 Å². The fraction of sp³-hybridized carbons (Fsp3) is 0.710. The van der Waals surface area contributed by atoms with E-state index in [0.29, 0.717) is 25.3 Å². The standard InChI is InChI=1S/C31H45FN2O5/c1-3-4-5-6-7-8-9-16-33-30(36)27-20-38-31(34-27)26-19-24-13-14-28(39-24)25(26)18-22-17-23(32)12-10-21(22)11-15-29(35)37-2/h10,12,17,24-28H,3-9,11,13-16,18-20H2,1-2H3,(H,33,36). The molecule has 0 saturated carbocycles. The normalized spacial score (nSPS) is 25.7. The molecule has 2 saturated heterocycles. The van der Waals surface area contributed by atoms with Crippen molar-refractivity contribution in [1.29, 1.82) is 0 Å². The van der Waals surface area contributed by atoms with Crippen LogP contribution in [0.2, 0.25) is 0 Å². The molecule has 1 aromatic carbocycles. The average Bonchev–Trinajstić information content (AvgIpc) is 3.59. The van der Waals surface area contributed by atoms with Crippen LogP contribution in [0.25, 0.3) is 0 Å². The third kappa shape index (κ3) is 8.26. The number of halogens is 1. The summed E-state index contributed by atoms with van der Waals surface area (Å²) in [6.45, 7) is 3.16. The van der Waals surface area contributed by atoms with Gasteiger partial charge in [0.05, 0.1) is 19.3 Å². The maximum Gasteiger partial charge on any atom is 0.305 e. The van der Waals surface area contributed by atoms with Crippen LogP contribution in [-0.4, -0.2) is 56.3 Å². The molecule has 2 bridgehead atoms. The zero-order valence-electron chi connectivity index (χ0n) is 23.6. The molecule has 1 N–H and O–H groups in total. The van der Waals surface area contributed by atoms with Gasteiger partial charge in [0.2, 0.25) is 5.91 Å². The fourth-order valence-corrected chi connectivity index (χ4v) is 6.26. The number of methoxy groups -OCH3 is 1. The number of ether oxygens (including phenoxy) is 3. The second kappa shape index (κ2) is 14.8. The Hall–Kier alpha value is -2.48. The number of nitrogens with one attached hydrogen (secondary N) is 1. The molecule has 8 heteroatoms. The molecule has 39 heavy (non-hydrogen) atoms. The number of amides is 1. The summed E-state index contributed by atoms with van der Waals surface area (Å²) < 4.78 is 31.4. The Bertz CT molecular complexity index is 999. The maximum atomic E-state index is 14.3. The summed E-state index contributed by atoms with van der Waals surface area (Å²) in [5, 5.41) is 3.04. The summed E-state index contributed by atoms with van der Waals surface area (Å²) in [4.78, 5) is 29.3. The van der Waals surface area contributed by atoms with Crippen molar-refractivity contribution >= 4 is 17.8 Å². The second-order valence-corrected chi connectivity index (χ2v) is 11.3. The van der Waals surface area contributed by atoms with Crippen molar-refractivity contribution in [1.82, 2.24) is 5.32 Å². The molecule has 216 valence electrons. The van der Waals surface area contributed by atoms with Crippen molar-refractivity contribution in [3.05, 3.63) is 35.1 Å². The number of hydrogen-bond acceptors (Lipinski definition) is 6. The van der Waals surface area contributed by atoms with E-state index in [1.165, 1.54) is 45.3 Å². The highest BCUT2D eigenvalue weighted by Gasteiger charge is 2.47. The second-order valence-electron chi connectivity index (χ2n) is 11.3. The minimum absolute atomic E-state index is 0.0221. The van der Waals surface area contributed by atoms with Crippen molar-refractivity contribution < 1.29 is 28.2 Å². The van der Waals surface area contributed by atoms with Gasteiger partial charge in [-0.2, -0.15) is 0 Å². The largest absolute Gasteiger partial charge is 0.478 e. The molecule has 5 unspecified atom stereocenters. The van der Waals surface area contributed by atoms with E-state index in [2.05, 4.69) is 12.2 Å². The third-order valence-electron chi connectivity index (χ3n) is 8.47. The van der Waals surface area contributed by atoms with Crippen LogP contribution in [0, 0.1) is 17.7 Å². The summed E-state index contributed by atoms with van der Waals surface area (Å²) in [5.41, 5.74) is 1.82. The maximum absolute atomic E-state index is 14.3. The number of aliphatic imine (C=N–C) groups is 1. The van der Waals surface area contributed by atoms with E-state index in [1.54, 1.807) is 12.1 Å². The Morgan fingerprint density at radius 3 is 2.69 bits per heavy atom. The topological polar surface area (TPSA) is 86.2 Å². The number of carbonyl (C=O) groups excluding carboxylic acids is 2. The van der Waals surface area contributed by atoms with Gasteiger partial charge in [-0.1, -0.05) is 51.5 Å². The van der Waals surface area contributed by atoms with Crippen molar-refractivity contribution in [2.24, 2.45) is 16.8 Å². The third-order valence-corrected chi connectivity index (χ3v) is 8.47. The van der Waals surface area contributed by atoms with Crippen LogP contribution in [-0.2, 0) is 36.6 Å². The highest BCUT2D eigenvalue weighted by Crippen LogP contribution is 2.43. The molecule has 3 aliphatic heterocycles. The lowest BCUT2D eigenvalue weighted by molar-refractivity contribution is -0.140. The van der Waals surface area contributed by atoms with Gasteiger partial charge in [-0.15, -0.1) is 0 Å². The van der Waals surface area contributed by atoms with Crippen LogP contribution in [0.5, 0.6) is 0 Å². The lowest BCUT2D eigenvalue weighted by atomic mass is 9.78. The van der Waals surface area contributed by atoms with Gasteiger partial charge >= 0.3 is 5.97 Å². The summed E-state index contributed by atoms with van der Waals surface area (Å²) in [6, 6.07) is 4.26. The Morgan fingerprint density at radius 2 is 1.90 bits per heavy atom. The van der Waals surface area contributed by atoms with Crippen molar-refractivity contribution in [2.45, 2.75) is 109 Å². The first-order valence-corrected chi connectivity index (χ1v) is 15.0. The molecular weight excluding hydrogens is 499 g/mol. The van der Waals surface area contributed by atoms with Gasteiger partial charge in [-0.05, 0) is 61.8 Å². The van der Waals surface area contributed by atoms with Crippen LogP contribution in [0.4, 0.5) is 4.39 Å². The van der Waals surface area contributed by atoms with Gasteiger partial charge in [-0.3, -0.25) is 9.59 Å². The minimum atomic E-state index is -0.518. The first kappa shape index (κ1) is 29.5. The molecule has 1 aromatic rings. The van der Waals surface area contributed by atoms with Crippen LogP contribution in [0.3, 0.4) is 0 Å². The van der Waals surface area contributed by atoms with Gasteiger partial charge in [0.15, 0.2) is 11.9 Å². The van der Waals surface area contributed by atoms with E-state index in [1.807, 2.05) is 0 Å². The number of benzene rings is 1. The van der Waals surface area contributed by atoms with Crippen LogP contribution >= 0.6 is 0 Å². The number of nitrogens with zero attached hydrogens (tertiary/aromatic N) is 1. The van der Waals surface area contributed by atoms with Gasteiger partial charge in [-0.25, -0.2) is 9.38 Å². The van der Waals surface area contributed by atoms with Crippen LogP contribution in [0.1, 0.15) is 88.7 Å². The summed E-state index contributed by atoms with van der Waals surface area (Å²) in [5.74, 6) is 0.0792. The zero-order chi connectivity index (χ0) is 27.6. The zero-order valence-corrected chi connectivity index (χ0v) is 23.6. The Morgan fingerprint density at radius 1 is 1.10 bits per heavy atom. The number of fused-ring (bicyclic) bond motifs is 2. The monoisotopic (exact) mass is 544 g/mol. The van der Waals surface area contributed by atoms with Crippen LogP contribution in [0.15, 0.2) is 23.2 Å². The van der Waals surface area contributed by atoms with Gasteiger partial charge in [0, 0.05) is 24.8 Å². The number of carbonyl (C=O) groups is 2. The van der Waals surface area contributed by atoms with Crippen LogP contribution < -0.4 is 5.32 Å². The molecule has 5 atom stereocenters. The molecule has 7 nitrogen and oxygen atoms in total. The molecule has 2 fully saturated rings. The first-order valence-electron chi connectivity index (χ1n) is 15.0. The first-order chi connectivity index (χ1) is 19.0. The number of esters is 1. The smallest absolute Gasteiger partial charge is 0.305 e. The summed E-state index contributed by atoms with van der Waals surface area (Å²) >= 11 is 0. The molecule has 4 rings (SSSR count). The van der Waals surface area contributed by atoms with E-state index in [4.69, 9.17) is 19.2 Å². The molecule has 0 spiro atoms. The molecule has 0 aromatic heterocycles.